The van der Waals surface area contributed by atoms with Gasteiger partial charge < -0.3 is 5.73 Å². The van der Waals surface area contributed by atoms with Crippen LogP contribution in [0, 0.1) is 6.92 Å². The second kappa shape index (κ2) is 5.14. The molecule has 94 valence electrons. The summed E-state index contributed by atoms with van der Waals surface area (Å²) in [5, 5.41) is 0. The van der Waals surface area contributed by atoms with Gasteiger partial charge in [-0.15, -0.1) is 0 Å². The standard InChI is InChI=1S/C12H12F2N4/c1-7-3-2-4-16-9(7)12-17-6-8(5-15)10(18-12)11(13)14/h2-4,6,11H,5,15H2,1H3. The lowest BCUT2D eigenvalue weighted by Gasteiger charge is -2.08. The van der Waals surface area contributed by atoms with Gasteiger partial charge >= 0.3 is 0 Å². The van der Waals surface area contributed by atoms with E-state index in [1.807, 2.05) is 13.0 Å². The van der Waals surface area contributed by atoms with Gasteiger partial charge in [0.1, 0.15) is 11.4 Å². The summed E-state index contributed by atoms with van der Waals surface area (Å²) < 4.78 is 25.7. The molecular weight excluding hydrogens is 238 g/mol. The third kappa shape index (κ3) is 2.33. The number of aromatic nitrogens is 3. The molecule has 0 bridgehead atoms. The number of alkyl halides is 2. The summed E-state index contributed by atoms with van der Waals surface area (Å²) in [6.45, 7) is 1.81. The first-order valence-corrected chi connectivity index (χ1v) is 5.39. The maximum absolute atomic E-state index is 12.8. The van der Waals surface area contributed by atoms with Crippen molar-refractivity contribution in [2.24, 2.45) is 5.73 Å². The number of hydrogen-bond donors (Lipinski definition) is 1. The zero-order valence-electron chi connectivity index (χ0n) is 9.77. The number of pyridine rings is 1. The molecule has 2 aromatic rings. The van der Waals surface area contributed by atoms with Gasteiger partial charge in [0.15, 0.2) is 5.82 Å². The molecule has 0 aliphatic carbocycles. The Bertz CT molecular complexity index is 558. The van der Waals surface area contributed by atoms with Crippen molar-refractivity contribution in [2.45, 2.75) is 19.9 Å². The molecule has 0 spiro atoms. The van der Waals surface area contributed by atoms with Crippen LogP contribution < -0.4 is 5.73 Å². The van der Waals surface area contributed by atoms with Crippen LogP contribution in [0.25, 0.3) is 11.5 Å². The van der Waals surface area contributed by atoms with Gasteiger partial charge in [-0.3, -0.25) is 4.98 Å². The van der Waals surface area contributed by atoms with Crippen LogP contribution >= 0.6 is 0 Å². The highest BCUT2D eigenvalue weighted by Gasteiger charge is 2.17. The Balaban J connectivity index is 2.54. The maximum atomic E-state index is 12.8. The predicted octanol–water partition coefficient (Wildman–Crippen LogP) is 2.24. The van der Waals surface area contributed by atoms with Gasteiger partial charge in [0.2, 0.25) is 0 Å². The minimum Gasteiger partial charge on any atom is -0.326 e. The second-order valence-electron chi connectivity index (χ2n) is 3.78. The second-order valence-corrected chi connectivity index (χ2v) is 3.78. The molecule has 2 rings (SSSR count). The average molecular weight is 250 g/mol. The zero-order chi connectivity index (χ0) is 13.1. The molecule has 0 saturated heterocycles. The Hall–Kier alpha value is -1.95. The number of hydrogen-bond acceptors (Lipinski definition) is 4. The van der Waals surface area contributed by atoms with Crippen molar-refractivity contribution in [1.29, 1.82) is 0 Å². The van der Waals surface area contributed by atoms with E-state index in [0.29, 0.717) is 5.69 Å². The maximum Gasteiger partial charge on any atom is 0.280 e. The van der Waals surface area contributed by atoms with Gasteiger partial charge in [-0.25, -0.2) is 18.7 Å². The minimum atomic E-state index is -2.67. The van der Waals surface area contributed by atoms with E-state index >= 15 is 0 Å². The van der Waals surface area contributed by atoms with E-state index in [0.717, 1.165) is 5.56 Å². The summed E-state index contributed by atoms with van der Waals surface area (Å²) in [6.07, 6.45) is 0.233. The summed E-state index contributed by atoms with van der Waals surface area (Å²) in [4.78, 5) is 12.0. The van der Waals surface area contributed by atoms with Crippen LogP contribution in [-0.4, -0.2) is 15.0 Å². The fraction of sp³-hybridized carbons (Fsp3) is 0.250. The summed E-state index contributed by atoms with van der Waals surface area (Å²) >= 11 is 0. The van der Waals surface area contributed by atoms with Crippen molar-refractivity contribution < 1.29 is 8.78 Å². The Morgan fingerprint density at radius 3 is 2.72 bits per heavy atom. The molecule has 2 aromatic heterocycles. The summed E-state index contributed by atoms with van der Waals surface area (Å²) in [7, 11) is 0. The van der Waals surface area contributed by atoms with Crippen LogP contribution in [0.2, 0.25) is 0 Å². The fourth-order valence-electron chi connectivity index (χ4n) is 1.60. The van der Waals surface area contributed by atoms with Crippen LogP contribution in [0.15, 0.2) is 24.5 Å². The van der Waals surface area contributed by atoms with Gasteiger partial charge in [-0.05, 0) is 18.6 Å². The minimum absolute atomic E-state index is 0.0127. The summed E-state index contributed by atoms with van der Waals surface area (Å²) in [6, 6.07) is 3.59. The average Bonchev–Trinajstić information content (AvgIpc) is 2.38. The third-order valence-corrected chi connectivity index (χ3v) is 2.55. The Labute approximate surface area is 103 Å². The Morgan fingerprint density at radius 2 is 2.11 bits per heavy atom. The van der Waals surface area contributed by atoms with Crippen LogP contribution in [0.4, 0.5) is 8.78 Å². The monoisotopic (exact) mass is 250 g/mol. The van der Waals surface area contributed by atoms with Gasteiger partial charge in [-0.1, -0.05) is 6.07 Å². The summed E-state index contributed by atoms with van der Waals surface area (Å²) in [5.74, 6) is 0.195. The van der Waals surface area contributed by atoms with Crippen molar-refractivity contribution in [1.82, 2.24) is 15.0 Å². The van der Waals surface area contributed by atoms with E-state index in [-0.39, 0.29) is 23.6 Å². The van der Waals surface area contributed by atoms with Crippen LogP contribution in [0.5, 0.6) is 0 Å². The molecule has 0 amide bonds. The van der Waals surface area contributed by atoms with E-state index in [2.05, 4.69) is 15.0 Å². The predicted molar refractivity (Wildman–Crippen MR) is 62.8 cm³/mol. The molecule has 18 heavy (non-hydrogen) atoms. The molecule has 0 atom stereocenters. The van der Waals surface area contributed by atoms with Gasteiger partial charge in [-0.2, -0.15) is 0 Å². The lowest BCUT2D eigenvalue weighted by Crippen LogP contribution is -2.07. The highest BCUT2D eigenvalue weighted by molar-refractivity contribution is 5.54. The molecule has 0 radical (unpaired) electrons. The first-order valence-electron chi connectivity index (χ1n) is 5.39. The quantitative estimate of drug-likeness (QED) is 0.907. The molecular formula is C12H12F2N4. The highest BCUT2D eigenvalue weighted by atomic mass is 19.3. The molecule has 0 unspecified atom stereocenters. The van der Waals surface area contributed by atoms with E-state index in [1.54, 1.807) is 12.3 Å². The van der Waals surface area contributed by atoms with E-state index in [9.17, 15) is 8.78 Å². The van der Waals surface area contributed by atoms with Crippen molar-refractivity contribution in [2.75, 3.05) is 0 Å². The lowest BCUT2D eigenvalue weighted by atomic mass is 10.2. The lowest BCUT2D eigenvalue weighted by molar-refractivity contribution is 0.144. The van der Waals surface area contributed by atoms with Gasteiger partial charge in [0.05, 0.1) is 0 Å². The number of rotatable bonds is 3. The first-order chi connectivity index (χ1) is 8.63. The number of nitrogens with zero attached hydrogens (tertiary/aromatic N) is 3. The van der Waals surface area contributed by atoms with E-state index in [4.69, 9.17) is 5.73 Å². The molecule has 4 nitrogen and oxygen atoms in total. The molecule has 2 heterocycles. The van der Waals surface area contributed by atoms with Crippen molar-refractivity contribution in [3.63, 3.8) is 0 Å². The zero-order valence-corrected chi connectivity index (χ0v) is 9.77. The topological polar surface area (TPSA) is 64.7 Å². The Kier molecular flexibility index (Phi) is 3.57. The van der Waals surface area contributed by atoms with Crippen molar-refractivity contribution in [3.05, 3.63) is 41.3 Å². The molecule has 6 heteroatoms. The van der Waals surface area contributed by atoms with Crippen molar-refractivity contribution >= 4 is 0 Å². The molecule has 0 aromatic carbocycles. The molecule has 0 aliphatic rings. The summed E-state index contributed by atoms with van der Waals surface area (Å²) in [5.41, 5.74) is 6.64. The number of aryl methyl sites for hydroxylation is 1. The smallest absolute Gasteiger partial charge is 0.280 e. The Morgan fingerprint density at radius 1 is 1.33 bits per heavy atom. The molecule has 0 fully saturated rings. The third-order valence-electron chi connectivity index (χ3n) is 2.55. The SMILES string of the molecule is Cc1cccnc1-c1ncc(CN)c(C(F)F)n1. The van der Waals surface area contributed by atoms with E-state index < -0.39 is 6.43 Å². The van der Waals surface area contributed by atoms with Crippen molar-refractivity contribution in [3.8, 4) is 11.5 Å². The van der Waals surface area contributed by atoms with Gasteiger partial charge in [0, 0.05) is 24.5 Å². The highest BCUT2D eigenvalue weighted by Crippen LogP contribution is 2.23. The molecule has 0 aliphatic heterocycles. The van der Waals surface area contributed by atoms with E-state index in [1.165, 1.54) is 6.20 Å². The van der Waals surface area contributed by atoms with Gasteiger partial charge in [0.25, 0.3) is 6.43 Å². The fourth-order valence-corrected chi connectivity index (χ4v) is 1.60. The van der Waals surface area contributed by atoms with Crippen LogP contribution in [0.1, 0.15) is 23.2 Å². The molecule has 2 N–H and O–H groups in total. The van der Waals surface area contributed by atoms with Crippen LogP contribution in [-0.2, 0) is 6.54 Å². The molecule has 0 saturated carbocycles. The first kappa shape index (κ1) is 12.5. The number of halogens is 2. The normalized spacial score (nSPS) is 10.9. The number of nitrogens with two attached hydrogens (primary N) is 1. The van der Waals surface area contributed by atoms with Crippen LogP contribution in [0.3, 0.4) is 0 Å². The largest absolute Gasteiger partial charge is 0.326 e.